The normalized spacial score (nSPS) is 21.1. The largest absolute Gasteiger partial charge is 0.461 e. The molecule has 5 nitrogen and oxygen atoms in total. The fourth-order valence-corrected chi connectivity index (χ4v) is 3.46. The van der Waals surface area contributed by atoms with Crippen molar-refractivity contribution >= 4 is 27.6 Å². The van der Waals surface area contributed by atoms with E-state index >= 15 is 0 Å². The number of aliphatic hydroxyl groups is 1. The van der Waals surface area contributed by atoms with Gasteiger partial charge in [0.05, 0.1) is 31.8 Å². The summed E-state index contributed by atoms with van der Waals surface area (Å²) >= 11 is 0. The number of carbonyl (C=O) groups excluding carboxylic acids is 1. The van der Waals surface area contributed by atoms with Crippen molar-refractivity contribution in [2.45, 2.75) is 25.5 Å². The standard InChI is InChI=1S/C20H21NO4/c1-13-12-24-16(11-22)10-21(13)20(23)9-15-8-18-17-5-3-2-4-14(17)6-7-19(18)25-15/h2-8,13,16,22H,9-12H2,1H3/t13-,16-/m1/s1. The summed E-state index contributed by atoms with van der Waals surface area (Å²) in [7, 11) is 0. The van der Waals surface area contributed by atoms with E-state index < -0.39 is 0 Å². The predicted octanol–water partition coefficient (Wildman–Crippen LogP) is 2.74. The molecule has 25 heavy (non-hydrogen) atoms. The molecule has 0 spiro atoms. The number of carbonyl (C=O) groups is 1. The fourth-order valence-electron chi connectivity index (χ4n) is 3.46. The van der Waals surface area contributed by atoms with Gasteiger partial charge in [-0.1, -0.05) is 30.3 Å². The Bertz CT molecular complexity index is 916. The number of benzene rings is 2. The molecule has 1 aromatic heterocycles. The van der Waals surface area contributed by atoms with E-state index in [-0.39, 0.29) is 31.1 Å². The van der Waals surface area contributed by atoms with Gasteiger partial charge < -0.3 is 19.2 Å². The van der Waals surface area contributed by atoms with Crippen LogP contribution in [0.15, 0.2) is 46.9 Å². The molecule has 0 saturated carbocycles. The van der Waals surface area contributed by atoms with Crippen molar-refractivity contribution in [1.82, 2.24) is 4.90 Å². The summed E-state index contributed by atoms with van der Waals surface area (Å²) in [6.07, 6.45) is -0.0920. The van der Waals surface area contributed by atoms with E-state index in [1.54, 1.807) is 4.90 Å². The third kappa shape index (κ3) is 3.01. The third-order valence-corrected chi connectivity index (χ3v) is 4.83. The minimum absolute atomic E-state index is 0.000471. The van der Waals surface area contributed by atoms with Gasteiger partial charge in [0.2, 0.25) is 5.91 Å². The number of ether oxygens (including phenoxy) is 1. The molecule has 1 fully saturated rings. The summed E-state index contributed by atoms with van der Waals surface area (Å²) in [5, 5.41) is 12.6. The molecule has 1 aliphatic heterocycles. The van der Waals surface area contributed by atoms with Crippen LogP contribution in [0.3, 0.4) is 0 Å². The zero-order chi connectivity index (χ0) is 17.4. The van der Waals surface area contributed by atoms with Gasteiger partial charge in [-0.25, -0.2) is 0 Å². The Morgan fingerprint density at radius 1 is 1.24 bits per heavy atom. The van der Waals surface area contributed by atoms with Crippen LogP contribution in [0.25, 0.3) is 21.7 Å². The molecule has 2 aromatic carbocycles. The summed E-state index contributed by atoms with van der Waals surface area (Å²) < 4.78 is 11.4. The lowest BCUT2D eigenvalue weighted by Gasteiger charge is -2.37. The number of aliphatic hydroxyl groups excluding tert-OH is 1. The molecule has 1 saturated heterocycles. The molecule has 0 radical (unpaired) electrons. The van der Waals surface area contributed by atoms with Gasteiger partial charge in [-0.3, -0.25) is 4.79 Å². The summed E-state index contributed by atoms with van der Waals surface area (Å²) in [6, 6.07) is 14.1. The van der Waals surface area contributed by atoms with Crippen molar-refractivity contribution < 1.29 is 19.1 Å². The molecule has 3 aromatic rings. The van der Waals surface area contributed by atoms with Gasteiger partial charge in [0.15, 0.2) is 0 Å². The maximum Gasteiger partial charge on any atom is 0.230 e. The van der Waals surface area contributed by atoms with Gasteiger partial charge >= 0.3 is 0 Å². The fraction of sp³-hybridized carbons (Fsp3) is 0.350. The average molecular weight is 339 g/mol. The second-order valence-electron chi connectivity index (χ2n) is 6.62. The Morgan fingerprint density at radius 2 is 2.08 bits per heavy atom. The Labute approximate surface area is 145 Å². The number of fused-ring (bicyclic) bond motifs is 3. The van der Waals surface area contributed by atoms with Crippen molar-refractivity contribution in [3.05, 3.63) is 48.2 Å². The van der Waals surface area contributed by atoms with E-state index in [2.05, 4.69) is 12.1 Å². The van der Waals surface area contributed by atoms with E-state index in [4.69, 9.17) is 9.15 Å². The highest BCUT2D eigenvalue weighted by Gasteiger charge is 2.29. The van der Waals surface area contributed by atoms with Crippen molar-refractivity contribution in [2.24, 2.45) is 0 Å². The number of furan rings is 1. The van der Waals surface area contributed by atoms with Crippen LogP contribution in [-0.4, -0.2) is 47.8 Å². The van der Waals surface area contributed by atoms with Gasteiger partial charge in [-0.2, -0.15) is 0 Å². The lowest BCUT2D eigenvalue weighted by Crippen LogP contribution is -2.52. The number of nitrogens with zero attached hydrogens (tertiary/aromatic N) is 1. The molecule has 5 heteroatoms. The van der Waals surface area contributed by atoms with Crippen LogP contribution in [0.4, 0.5) is 0 Å². The first kappa shape index (κ1) is 16.1. The smallest absolute Gasteiger partial charge is 0.230 e. The molecule has 0 unspecified atom stereocenters. The van der Waals surface area contributed by atoms with Crippen molar-refractivity contribution in [3.63, 3.8) is 0 Å². The number of rotatable bonds is 3. The van der Waals surface area contributed by atoms with Crippen LogP contribution in [0, 0.1) is 0 Å². The lowest BCUT2D eigenvalue weighted by atomic mass is 10.1. The first-order chi connectivity index (χ1) is 12.2. The highest BCUT2D eigenvalue weighted by molar-refractivity contribution is 6.06. The number of hydrogen-bond acceptors (Lipinski definition) is 4. The van der Waals surface area contributed by atoms with Crippen molar-refractivity contribution in [3.8, 4) is 0 Å². The first-order valence-corrected chi connectivity index (χ1v) is 8.58. The number of hydrogen-bond donors (Lipinski definition) is 1. The monoisotopic (exact) mass is 339 g/mol. The highest BCUT2D eigenvalue weighted by atomic mass is 16.5. The van der Waals surface area contributed by atoms with Gasteiger partial charge in [0.1, 0.15) is 11.3 Å². The van der Waals surface area contributed by atoms with E-state index in [9.17, 15) is 9.90 Å². The molecule has 0 bridgehead atoms. The Kier molecular flexibility index (Phi) is 4.19. The van der Waals surface area contributed by atoms with Crippen LogP contribution in [0.1, 0.15) is 12.7 Å². The maximum absolute atomic E-state index is 12.7. The SMILES string of the molecule is C[C@@H]1CO[C@@H](CO)CN1C(=O)Cc1cc2c(ccc3ccccc32)o1. The Hall–Kier alpha value is -2.37. The molecule has 0 aliphatic carbocycles. The van der Waals surface area contributed by atoms with E-state index in [1.807, 2.05) is 37.3 Å². The Morgan fingerprint density at radius 3 is 2.92 bits per heavy atom. The van der Waals surface area contributed by atoms with Gasteiger partial charge in [0.25, 0.3) is 0 Å². The molecule has 1 aliphatic rings. The molecular weight excluding hydrogens is 318 g/mol. The minimum atomic E-state index is -0.306. The topological polar surface area (TPSA) is 62.9 Å². The summed E-state index contributed by atoms with van der Waals surface area (Å²) in [5.74, 6) is 0.660. The first-order valence-electron chi connectivity index (χ1n) is 8.58. The van der Waals surface area contributed by atoms with Crippen LogP contribution in [0.5, 0.6) is 0 Å². The van der Waals surface area contributed by atoms with E-state index in [1.165, 1.54) is 0 Å². The molecule has 130 valence electrons. The predicted molar refractivity (Wildman–Crippen MR) is 95.4 cm³/mol. The second kappa shape index (κ2) is 6.50. The van der Waals surface area contributed by atoms with Gasteiger partial charge in [-0.15, -0.1) is 0 Å². The molecule has 4 rings (SSSR count). The number of morpholine rings is 1. The van der Waals surface area contributed by atoms with Gasteiger partial charge in [0, 0.05) is 11.9 Å². The summed E-state index contributed by atoms with van der Waals surface area (Å²) in [6.45, 7) is 2.74. The lowest BCUT2D eigenvalue weighted by molar-refractivity contribution is -0.145. The second-order valence-corrected chi connectivity index (χ2v) is 6.62. The molecular formula is C20H21NO4. The zero-order valence-corrected chi connectivity index (χ0v) is 14.1. The van der Waals surface area contributed by atoms with Crippen molar-refractivity contribution in [2.75, 3.05) is 19.8 Å². The van der Waals surface area contributed by atoms with E-state index in [0.29, 0.717) is 18.9 Å². The summed E-state index contributed by atoms with van der Waals surface area (Å²) in [4.78, 5) is 14.5. The van der Waals surface area contributed by atoms with Crippen LogP contribution in [-0.2, 0) is 16.0 Å². The molecule has 2 heterocycles. The van der Waals surface area contributed by atoms with Gasteiger partial charge in [-0.05, 0) is 29.8 Å². The average Bonchev–Trinajstić information content (AvgIpc) is 3.05. The van der Waals surface area contributed by atoms with Crippen molar-refractivity contribution in [1.29, 1.82) is 0 Å². The maximum atomic E-state index is 12.7. The Balaban J connectivity index is 1.60. The van der Waals surface area contributed by atoms with Crippen LogP contribution < -0.4 is 0 Å². The zero-order valence-electron chi connectivity index (χ0n) is 14.1. The number of amides is 1. The molecule has 1 N–H and O–H groups in total. The quantitative estimate of drug-likeness (QED) is 0.797. The molecule has 2 atom stereocenters. The third-order valence-electron chi connectivity index (χ3n) is 4.83. The highest BCUT2D eigenvalue weighted by Crippen LogP contribution is 2.28. The van der Waals surface area contributed by atoms with Crippen LogP contribution >= 0.6 is 0 Å². The van der Waals surface area contributed by atoms with E-state index in [0.717, 1.165) is 21.7 Å². The molecule has 1 amide bonds. The summed E-state index contributed by atoms with van der Waals surface area (Å²) in [5.41, 5.74) is 0.796. The minimum Gasteiger partial charge on any atom is -0.461 e. The van der Waals surface area contributed by atoms with Crippen LogP contribution in [0.2, 0.25) is 0 Å².